The van der Waals surface area contributed by atoms with Crippen molar-refractivity contribution in [2.75, 3.05) is 33.1 Å². The Hall–Kier alpha value is -2.75. The lowest BCUT2D eigenvalue weighted by Gasteiger charge is -2.08. The summed E-state index contributed by atoms with van der Waals surface area (Å²) in [6.07, 6.45) is -0.625. The Labute approximate surface area is 147 Å². The second-order valence-electron chi connectivity index (χ2n) is 4.92. The molecule has 1 aromatic heterocycles. The third-order valence-electron chi connectivity index (χ3n) is 3.39. The van der Waals surface area contributed by atoms with Crippen molar-refractivity contribution in [1.82, 2.24) is 15.1 Å². The maximum atomic E-state index is 12.0. The number of cyclic esters (lactones) is 1. The van der Waals surface area contributed by atoms with Crippen molar-refractivity contribution in [1.29, 1.82) is 0 Å². The molecular weight excluding hydrogens is 350 g/mol. The fraction of sp³-hybridized carbons (Fsp3) is 0.333. The average Bonchev–Trinajstić information content (AvgIpc) is 3.28. The zero-order chi connectivity index (χ0) is 17.8. The molecule has 2 aromatic rings. The number of hydrogen-bond donors (Lipinski definition) is 0. The second kappa shape index (κ2) is 7.43. The van der Waals surface area contributed by atoms with Crippen molar-refractivity contribution in [3.8, 4) is 23.0 Å². The zero-order valence-electron chi connectivity index (χ0n) is 13.6. The van der Waals surface area contributed by atoms with E-state index in [1.54, 1.807) is 32.4 Å². The van der Waals surface area contributed by atoms with E-state index in [-0.39, 0.29) is 35.9 Å². The van der Waals surface area contributed by atoms with E-state index in [2.05, 4.69) is 10.2 Å². The number of aromatic nitrogens is 2. The normalized spacial score (nSPS) is 13.7. The second-order valence-corrected chi connectivity index (χ2v) is 5.85. The van der Waals surface area contributed by atoms with Crippen molar-refractivity contribution in [3.63, 3.8) is 0 Å². The van der Waals surface area contributed by atoms with Crippen LogP contribution in [0.15, 0.2) is 27.8 Å². The fourth-order valence-corrected chi connectivity index (χ4v) is 2.78. The van der Waals surface area contributed by atoms with E-state index in [4.69, 9.17) is 18.6 Å². The predicted molar refractivity (Wildman–Crippen MR) is 86.6 cm³/mol. The minimum absolute atomic E-state index is 0.00182. The number of rotatable bonds is 6. The minimum Gasteiger partial charge on any atom is -0.497 e. The number of hydrogen-bond acceptors (Lipinski definition) is 9. The van der Waals surface area contributed by atoms with Gasteiger partial charge in [0.2, 0.25) is 11.8 Å². The number of thioether (sulfide) groups is 1. The Kier molecular flexibility index (Phi) is 5.08. The molecule has 10 heteroatoms. The summed E-state index contributed by atoms with van der Waals surface area (Å²) in [5.41, 5.74) is 0.630. The highest BCUT2D eigenvalue weighted by Gasteiger charge is 2.28. The van der Waals surface area contributed by atoms with Crippen LogP contribution in [0, 0.1) is 0 Å². The van der Waals surface area contributed by atoms with Crippen LogP contribution in [0.4, 0.5) is 4.79 Å². The Balaban J connectivity index is 1.68. The first-order valence-corrected chi connectivity index (χ1v) is 8.26. The molecule has 1 aliphatic heterocycles. The van der Waals surface area contributed by atoms with E-state index in [1.807, 2.05) is 0 Å². The van der Waals surface area contributed by atoms with Gasteiger partial charge in [0.25, 0.3) is 5.22 Å². The highest BCUT2D eigenvalue weighted by atomic mass is 32.2. The lowest BCUT2D eigenvalue weighted by atomic mass is 10.2. The molecule has 2 amide bonds. The molecule has 0 radical (unpaired) electrons. The molecule has 0 bridgehead atoms. The summed E-state index contributed by atoms with van der Waals surface area (Å²) in [4.78, 5) is 24.3. The van der Waals surface area contributed by atoms with Gasteiger partial charge in [-0.25, -0.2) is 9.69 Å². The quantitative estimate of drug-likeness (QED) is 0.709. The number of imide groups is 1. The van der Waals surface area contributed by atoms with Gasteiger partial charge in [-0.2, -0.15) is 0 Å². The Morgan fingerprint density at radius 1 is 1.24 bits per heavy atom. The molecule has 3 rings (SSSR count). The van der Waals surface area contributed by atoms with Gasteiger partial charge in [0.1, 0.15) is 18.1 Å². The summed E-state index contributed by atoms with van der Waals surface area (Å²) in [5, 5.41) is 8.08. The fourth-order valence-electron chi connectivity index (χ4n) is 2.14. The summed E-state index contributed by atoms with van der Waals surface area (Å²) in [6.45, 7) is 0.481. The molecule has 0 aliphatic carbocycles. The van der Waals surface area contributed by atoms with Crippen LogP contribution in [0.3, 0.4) is 0 Å². The molecule has 1 fully saturated rings. The van der Waals surface area contributed by atoms with Crippen LogP contribution in [0.2, 0.25) is 0 Å². The van der Waals surface area contributed by atoms with Crippen LogP contribution >= 0.6 is 11.8 Å². The Bertz CT molecular complexity index is 771. The van der Waals surface area contributed by atoms with Gasteiger partial charge in [0.15, 0.2) is 0 Å². The molecule has 0 saturated carbocycles. The van der Waals surface area contributed by atoms with Crippen LogP contribution in [-0.2, 0) is 9.53 Å². The van der Waals surface area contributed by atoms with Crippen molar-refractivity contribution >= 4 is 23.8 Å². The summed E-state index contributed by atoms with van der Waals surface area (Å²) in [5.74, 6) is 1.08. The molecule has 0 N–H and O–H groups in total. The largest absolute Gasteiger partial charge is 0.497 e. The van der Waals surface area contributed by atoms with Crippen LogP contribution in [-0.4, -0.2) is 60.2 Å². The zero-order valence-corrected chi connectivity index (χ0v) is 14.4. The van der Waals surface area contributed by atoms with Gasteiger partial charge < -0.3 is 18.6 Å². The van der Waals surface area contributed by atoms with Crippen molar-refractivity contribution in [2.45, 2.75) is 5.22 Å². The SMILES string of the molecule is COc1cc(OC)cc(-c2nnc(SCC(=O)N3CCOC3=O)o2)c1. The Morgan fingerprint density at radius 2 is 1.96 bits per heavy atom. The first kappa shape index (κ1) is 17.1. The van der Waals surface area contributed by atoms with E-state index in [9.17, 15) is 9.59 Å². The summed E-state index contributed by atoms with van der Waals surface area (Å²) in [6, 6.07) is 5.19. The first-order valence-electron chi connectivity index (χ1n) is 7.27. The van der Waals surface area contributed by atoms with E-state index in [0.29, 0.717) is 17.1 Å². The van der Waals surface area contributed by atoms with Gasteiger partial charge in [-0.05, 0) is 12.1 Å². The third kappa shape index (κ3) is 3.85. The molecule has 2 heterocycles. The smallest absolute Gasteiger partial charge is 0.416 e. The maximum absolute atomic E-state index is 12.0. The van der Waals surface area contributed by atoms with Crippen molar-refractivity contribution in [3.05, 3.63) is 18.2 Å². The molecule has 132 valence electrons. The van der Waals surface area contributed by atoms with Gasteiger partial charge in [-0.1, -0.05) is 11.8 Å². The highest BCUT2D eigenvalue weighted by Crippen LogP contribution is 2.30. The standard InChI is InChI=1S/C15H15N3O6S/c1-21-10-5-9(6-11(7-10)22-2)13-16-17-14(24-13)25-8-12(19)18-3-4-23-15(18)20/h5-7H,3-4,8H2,1-2H3. The lowest BCUT2D eigenvalue weighted by molar-refractivity contribution is -0.125. The number of ether oxygens (including phenoxy) is 3. The van der Waals surface area contributed by atoms with E-state index in [0.717, 1.165) is 16.7 Å². The minimum atomic E-state index is -0.625. The highest BCUT2D eigenvalue weighted by molar-refractivity contribution is 7.99. The van der Waals surface area contributed by atoms with Crippen LogP contribution in [0.5, 0.6) is 11.5 Å². The summed E-state index contributed by atoms with van der Waals surface area (Å²) >= 11 is 1.05. The van der Waals surface area contributed by atoms with Crippen LogP contribution < -0.4 is 9.47 Å². The summed E-state index contributed by atoms with van der Waals surface area (Å²) in [7, 11) is 3.09. The van der Waals surface area contributed by atoms with E-state index in [1.165, 1.54) is 0 Å². The van der Waals surface area contributed by atoms with E-state index < -0.39 is 6.09 Å². The van der Waals surface area contributed by atoms with Gasteiger partial charge in [-0.3, -0.25) is 4.79 Å². The topological polar surface area (TPSA) is 104 Å². The molecule has 25 heavy (non-hydrogen) atoms. The molecule has 1 aromatic carbocycles. The number of amides is 2. The number of carbonyl (C=O) groups excluding carboxylic acids is 2. The summed E-state index contributed by atoms with van der Waals surface area (Å²) < 4.78 is 20.7. The molecule has 9 nitrogen and oxygen atoms in total. The Morgan fingerprint density at radius 3 is 2.56 bits per heavy atom. The van der Waals surface area contributed by atoms with Gasteiger partial charge in [0.05, 0.1) is 26.5 Å². The average molecular weight is 365 g/mol. The van der Waals surface area contributed by atoms with Gasteiger partial charge in [0, 0.05) is 11.6 Å². The monoisotopic (exact) mass is 365 g/mol. The molecular formula is C15H15N3O6S. The number of methoxy groups -OCH3 is 2. The molecule has 0 unspecified atom stereocenters. The molecule has 0 spiro atoms. The number of nitrogens with zero attached hydrogens (tertiary/aromatic N) is 3. The van der Waals surface area contributed by atoms with E-state index >= 15 is 0 Å². The number of benzene rings is 1. The van der Waals surface area contributed by atoms with Crippen LogP contribution in [0.1, 0.15) is 0 Å². The maximum Gasteiger partial charge on any atom is 0.416 e. The van der Waals surface area contributed by atoms with Gasteiger partial charge in [-0.15, -0.1) is 10.2 Å². The molecule has 1 saturated heterocycles. The lowest BCUT2D eigenvalue weighted by Crippen LogP contribution is -2.32. The first-order chi connectivity index (χ1) is 12.1. The van der Waals surface area contributed by atoms with Gasteiger partial charge >= 0.3 is 6.09 Å². The number of carbonyl (C=O) groups is 2. The predicted octanol–water partition coefficient (Wildman–Crippen LogP) is 1.82. The van der Waals surface area contributed by atoms with Crippen molar-refractivity contribution in [2.24, 2.45) is 0 Å². The molecule has 0 atom stereocenters. The molecule has 1 aliphatic rings. The van der Waals surface area contributed by atoms with Crippen molar-refractivity contribution < 1.29 is 28.2 Å². The third-order valence-corrected chi connectivity index (χ3v) is 4.19. The van der Waals surface area contributed by atoms with Crippen LogP contribution in [0.25, 0.3) is 11.5 Å².